The van der Waals surface area contributed by atoms with E-state index in [0.29, 0.717) is 0 Å². The summed E-state index contributed by atoms with van der Waals surface area (Å²) in [5.41, 5.74) is 7.55. The van der Waals surface area contributed by atoms with E-state index in [9.17, 15) is 0 Å². The zero-order valence-corrected chi connectivity index (χ0v) is 16.7. The average molecular weight is 358 g/mol. The third-order valence-corrected chi connectivity index (χ3v) is 5.26. The Labute approximate surface area is 164 Å². The maximum Gasteiger partial charge on any atom is 0.0401 e. The molecule has 0 spiro atoms. The third-order valence-electron chi connectivity index (χ3n) is 5.26. The van der Waals surface area contributed by atoms with E-state index in [-0.39, 0.29) is 0 Å². The Morgan fingerprint density at radius 3 is 1.70 bits per heavy atom. The van der Waals surface area contributed by atoms with E-state index in [1.807, 2.05) is 6.20 Å². The van der Waals surface area contributed by atoms with E-state index in [1.165, 1.54) is 66.3 Å². The first-order valence-corrected chi connectivity index (χ1v) is 10.4. The second-order valence-electron chi connectivity index (χ2n) is 7.33. The van der Waals surface area contributed by atoms with Gasteiger partial charge in [-0.05, 0) is 47.6 Å². The molecule has 1 heterocycles. The molecule has 0 amide bonds. The van der Waals surface area contributed by atoms with Crippen molar-refractivity contribution in [3.63, 3.8) is 0 Å². The number of aryl methyl sites for hydroxylation is 2. The van der Waals surface area contributed by atoms with Crippen LogP contribution >= 0.6 is 0 Å². The summed E-state index contributed by atoms with van der Waals surface area (Å²) >= 11 is 0. The normalized spacial score (nSPS) is 10.9. The highest BCUT2D eigenvalue weighted by Crippen LogP contribution is 2.25. The smallest absolute Gasteiger partial charge is 0.0401 e. The van der Waals surface area contributed by atoms with Crippen LogP contribution in [-0.2, 0) is 12.8 Å². The van der Waals surface area contributed by atoms with Gasteiger partial charge in [0, 0.05) is 17.5 Å². The van der Waals surface area contributed by atoms with Crippen molar-refractivity contribution in [2.24, 2.45) is 0 Å². The molecule has 1 nitrogen and oxygen atoms in total. The summed E-state index contributed by atoms with van der Waals surface area (Å²) in [6.45, 7) is 4.40. The van der Waals surface area contributed by atoms with Crippen molar-refractivity contribution in [1.29, 1.82) is 0 Å². The lowest BCUT2D eigenvalue weighted by Crippen LogP contribution is -1.88. The molecule has 3 aromatic rings. The molecule has 3 rings (SSSR count). The molecule has 27 heavy (non-hydrogen) atoms. The van der Waals surface area contributed by atoms with E-state index < -0.39 is 0 Å². The molecule has 0 N–H and O–H groups in total. The highest BCUT2D eigenvalue weighted by Gasteiger charge is 2.02. The molecule has 0 aliphatic heterocycles. The molecule has 0 fully saturated rings. The summed E-state index contributed by atoms with van der Waals surface area (Å²) < 4.78 is 0. The number of pyridine rings is 1. The number of aromatic nitrogens is 1. The third kappa shape index (κ3) is 5.53. The van der Waals surface area contributed by atoms with Gasteiger partial charge in [0.15, 0.2) is 0 Å². The summed E-state index contributed by atoms with van der Waals surface area (Å²) in [4.78, 5) is 4.50. The zero-order valence-electron chi connectivity index (χ0n) is 16.7. The van der Waals surface area contributed by atoms with Crippen LogP contribution in [0.15, 0.2) is 66.9 Å². The van der Waals surface area contributed by atoms with E-state index in [4.69, 9.17) is 0 Å². The van der Waals surface area contributed by atoms with Crippen LogP contribution in [0.2, 0.25) is 0 Å². The van der Waals surface area contributed by atoms with Gasteiger partial charge in [-0.15, -0.1) is 0 Å². The molecule has 0 bridgehead atoms. The highest BCUT2D eigenvalue weighted by atomic mass is 14.7. The van der Waals surface area contributed by atoms with E-state index in [0.717, 1.165) is 12.1 Å². The van der Waals surface area contributed by atoms with Crippen LogP contribution in [0.5, 0.6) is 0 Å². The fraction of sp³-hybridized carbons (Fsp3) is 0.346. The Kier molecular flexibility index (Phi) is 7.21. The Morgan fingerprint density at radius 1 is 0.593 bits per heavy atom. The molecular formula is C26H31N. The fourth-order valence-corrected chi connectivity index (χ4v) is 3.46. The molecular weight excluding hydrogens is 326 g/mol. The lowest BCUT2D eigenvalue weighted by Gasteiger charge is -2.07. The Hall–Kier alpha value is -2.41. The van der Waals surface area contributed by atoms with E-state index in [1.54, 1.807) is 0 Å². The Bertz CT molecular complexity index is 798. The van der Waals surface area contributed by atoms with Crippen molar-refractivity contribution in [1.82, 2.24) is 4.98 Å². The van der Waals surface area contributed by atoms with E-state index >= 15 is 0 Å². The van der Waals surface area contributed by atoms with Crippen LogP contribution in [0, 0.1) is 0 Å². The molecule has 0 radical (unpaired) electrons. The van der Waals surface area contributed by atoms with Crippen molar-refractivity contribution in [3.05, 3.63) is 78.1 Å². The SMILES string of the molecule is CCCCCCCc1ccc(-c2ccc(-c3ccc(CC)nc3)cc2)cc1. The number of hydrogen-bond donors (Lipinski definition) is 0. The first-order valence-electron chi connectivity index (χ1n) is 10.4. The second kappa shape index (κ2) is 10.1. The molecule has 0 saturated carbocycles. The van der Waals surface area contributed by atoms with Gasteiger partial charge in [0.1, 0.15) is 0 Å². The topological polar surface area (TPSA) is 12.9 Å². The van der Waals surface area contributed by atoms with Gasteiger partial charge >= 0.3 is 0 Å². The molecule has 0 atom stereocenters. The van der Waals surface area contributed by atoms with Crippen molar-refractivity contribution < 1.29 is 0 Å². The standard InChI is InChI=1S/C26H31N/c1-3-5-6-7-8-9-21-10-12-22(13-11-21)23-14-16-24(17-15-23)25-18-19-26(4-2)27-20-25/h10-20H,3-9H2,1-2H3. The molecule has 0 saturated heterocycles. The maximum absolute atomic E-state index is 4.50. The van der Waals surface area contributed by atoms with Crippen molar-refractivity contribution in [3.8, 4) is 22.3 Å². The molecule has 1 aromatic heterocycles. The summed E-state index contributed by atoms with van der Waals surface area (Å²) in [6.07, 6.45) is 10.9. The predicted octanol–water partition coefficient (Wildman–Crippen LogP) is 7.49. The van der Waals surface area contributed by atoms with Crippen molar-refractivity contribution in [2.75, 3.05) is 0 Å². The van der Waals surface area contributed by atoms with Crippen LogP contribution in [0.3, 0.4) is 0 Å². The van der Waals surface area contributed by atoms with Gasteiger partial charge in [-0.3, -0.25) is 4.98 Å². The highest BCUT2D eigenvalue weighted by molar-refractivity contribution is 5.70. The first kappa shape index (κ1) is 19.4. The largest absolute Gasteiger partial charge is 0.261 e. The number of benzene rings is 2. The summed E-state index contributed by atoms with van der Waals surface area (Å²) in [6, 6.07) is 22.2. The first-order chi connectivity index (χ1) is 13.3. The number of unbranched alkanes of at least 4 members (excludes halogenated alkanes) is 4. The lowest BCUT2D eigenvalue weighted by atomic mass is 9.99. The van der Waals surface area contributed by atoms with Gasteiger partial charge in [-0.2, -0.15) is 0 Å². The summed E-state index contributed by atoms with van der Waals surface area (Å²) in [5, 5.41) is 0. The summed E-state index contributed by atoms with van der Waals surface area (Å²) in [7, 11) is 0. The molecule has 1 heteroatoms. The van der Waals surface area contributed by atoms with Crippen LogP contribution in [0.4, 0.5) is 0 Å². The van der Waals surface area contributed by atoms with Crippen LogP contribution in [0.25, 0.3) is 22.3 Å². The number of hydrogen-bond acceptors (Lipinski definition) is 1. The summed E-state index contributed by atoms with van der Waals surface area (Å²) in [5.74, 6) is 0. The molecule has 2 aromatic carbocycles. The molecule has 0 aliphatic rings. The van der Waals surface area contributed by atoms with Gasteiger partial charge in [0.2, 0.25) is 0 Å². The maximum atomic E-state index is 4.50. The minimum atomic E-state index is 0.980. The van der Waals surface area contributed by atoms with Gasteiger partial charge in [-0.25, -0.2) is 0 Å². The molecule has 0 aliphatic carbocycles. The quantitative estimate of drug-likeness (QED) is 0.361. The predicted molar refractivity (Wildman–Crippen MR) is 117 cm³/mol. The lowest BCUT2D eigenvalue weighted by molar-refractivity contribution is 0.632. The monoisotopic (exact) mass is 357 g/mol. The van der Waals surface area contributed by atoms with Crippen LogP contribution < -0.4 is 0 Å². The van der Waals surface area contributed by atoms with Gasteiger partial charge < -0.3 is 0 Å². The minimum absolute atomic E-state index is 0.980. The Morgan fingerprint density at radius 2 is 1.15 bits per heavy atom. The van der Waals surface area contributed by atoms with Gasteiger partial charge in [0.25, 0.3) is 0 Å². The molecule has 140 valence electrons. The Balaban J connectivity index is 1.61. The average Bonchev–Trinajstić information content (AvgIpc) is 2.74. The number of rotatable bonds is 9. The van der Waals surface area contributed by atoms with Crippen LogP contribution in [-0.4, -0.2) is 4.98 Å². The zero-order chi connectivity index (χ0) is 18.9. The van der Waals surface area contributed by atoms with Gasteiger partial charge in [0.05, 0.1) is 0 Å². The van der Waals surface area contributed by atoms with Crippen molar-refractivity contribution >= 4 is 0 Å². The molecule has 0 unspecified atom stereocenters. The number of nitrogens with zero attached hydrogens (tertiary/aromatic N) is 1. The second-order valence-corrected chi connectivity index (χ2v) is 7.33. The van der Waals surface area contributed by atoms with Gasteiger partial charge in [-0.1, -0.05) is 94.1 Å². The van der Waals surface area contributed by atoms with Crippen molar-refractivity contribution in [2.45, 2.75) is 58.8 Å². The van der Waals surface area contributed by atoms with E-state index in [2.05, 4.69) is 79.5 Å². The fourth-order valence-electron chi connectivity index (χ4n) is 3.46. The minimum Gasteiger partial charge on any atom is -0.261 e. The van der Waals surface area contributed by atoms with Crippen LogP contribution in [0.1, 0.15) is 57.2 Å².